The van der Waals surface area contributed by atoms with Gasteiger partial charge >= 0.3 is 6.36 Å². The molecular weight excluding hydrogens is 321 g/mol. The molecule has 1 heterocycles. The van der Waals surface area contributed by atoms with E-state index in [0.717, 1.165) is 0 Å². The average Bonchev–Trinajstić information content (AvgIpc) is 2.40. The number of fused-ring (bicyclic) bond motifs is 1. The maximum atomic E-state index is 12.4. The summed E-state index contributed by atoms with van der Waals surface area (Å²) in [6, 6.07) is 2.60. The molecule has 0 radical (unpaired) electrons. The van der Waals surface area contributed by atoms with Gasteiger partial charge in [0.2, 0.25) is 0 Å². The van der Waals surface area contributed by atoms with Gasteiger partial charge < -0.3 is 20.7 Å². The number of likely N-dealkylation sites (N-methyl/N-ethyl adjacent to an activating group) is 1. The first-order chi connectivity index (χ1) is 10.3. The Labute approximate surface area is 130 Å². The van der Waals surface area contributed by atoms with E-state index in [-0.39, 0.29) is 5.02 Å². The lowest BCUT2D eigenvalue weighted by atomic mass is 10.1. The van der Waals surface area contributed by atoms with Gasteiger partial charge in [-0.15, -0.1) is 13.2 Å². The van der Waals surface area contributed by atoms with Crippen molar-refractivity contribution in [1.29, 1.82) is 0 Å². The van der Waals surface area contributed by atoms with Crippen LogP contribution in [0.3, 0.4) is 0 Å². The first kappa shape index (κ1) is 16.7. The number of anilines is 2. The van der Waals surface area contributed by atoms with Gasteiger partial charge in [-0.25, -0.2) is 0 Å². The zero-order chi connectivity index (χ0) is 16.5. The summed E-state index contributed by atoms with van der Waals surface area (Å²) in [5.74, 6) is 0.0138. The monoisotopic (exact) mass is 336 g/mol. The van der Waals surface area contributed by atoms with Crippen molar-refractivity contribution in [3.05, 3.63) is 17.2 Å². The third kappa shape index (κ3) is 3.38. The van der Waals surface area contributed by atoms with Gasteiger partial charge in [-0.05, 0) is 19.9 Å². The zero-order valence-corrected chi connectivity index (χ0v) is 12.8. The fourth-order valence-corrected chi connectivity index (χ4v) is 2.46. The molecule has 5 nitrogen and oxygen atoms in total. The highest BCUT2D eigenvalue weighted by Crippen LogP contribution is 2.41. The zero-order valence-electron chi connectivity index (χ0n) is 12.0. The summed E-state index contributed by atoms with van der Waals surface area (Å²) < 4.78 is 41.1. The van der Waals surface area contributed by atoms with Gasteiger partial charge in [0.1, 0.15) is 17.8 Å². The lowest BCUT2D eigenvalue weighted by molar-refractivity contribution is -0.274. The van der Waals surface area contributed by atoms with Crippen LogP contribution in [0, 0.1) is 0 Å². The molecule has 1 aliphatic heterocycles. The number of nitrogens with one attached hydrogen (secondary N) is 1. The molecule has 1 unspecified atom stereocenters. The van der Waals surface area contributed by atoms with Crippen LogP contribution in [0.4, 0.5) is 24.5 Å². The summed E-state index contributed by atoms with van der Waals surface area (Å²) >= 11 is 5.88. The molecule has 3 N–H and O–H groups in total. The fraction of sp³-hybridized carbons (Fsp3) is 0.462. The molecule has 9 heteroatoms. The molecule has 0 aliphatic carbocycles. The summed E-state index contributed by atoms with van der Waals surface area (Å²) in [5.41, 5.74) is 7.12. The Hall–Kier alpha value is -1.67. The molecule has 0 aromatic heterocycles. The van der Waals surface area contributed by atoms with Crippen LogP contribution in [-0.4, -0.2) is 31.5 Å². The number of alkyl halides is 3. The van der Waals surface area contributed by atoms with E-state index in [1.54, 1.807) is 4.90 Å². The van der Waals surface area contributed by atoms with Crippen LogP contribution in [0.25, 0.3) is 0 Å². The lowest BCUT2D eigenvalue weighted by Crippen LogP contribution is -2.53. The molecule has 1 aromatic carbocycles. The van der Waals surface area contributed by atoms with Crippen molar-refractivity contribution in [2.24, 2.45) is 10.7 Å². The van der Waals surface area contributed by atoms with E-state index < -0.39 is 18.3 Å². The normalized spacial score (nSPS) is 19.9. The summed E-state index contributed by atoms with van der Waals surface area (Å²) in [7, 11) is 0. The molecule has 0 saturated carbocycles. The van der Waals surface area contributed by atoms with Crippen LogP contribution in [0.15, 0.2) is 17.1 Å². The SMILES string of the molecule is CCN=C1Nc2cc(OC(F)(F)F)c(Cl)cc2N(CC)C1N. The van der Waals surface area contributed by atoms with Crippen molar-refractivity contribution in [2.75, 3.05) is 23.3 Å². The second-order valence-corrected chi connectivity index (χ2v) is 4.97. The molecule has 1 aliphatic rings. The number of amidine groups is 1. The number of halogens is 4. The molecule has 2 rings (SSSR count). The van der Waals surface area contributed by atoms with Crippen LogP contribution < -0.4 is 20.7 Å². The van der Waals surface area contributed by atoms with Crippen LogP contribution in [-0.2, 0) is 0 Å². The predicted octanol–water partition coefficient (Wildman–Crippen LogP) is 3.19. The summed E-state index contributed by atoms with van der Waals surface area (Å²) in [6.07, 6.45) is -5.32. The Morgan fingerprint density at radius 2 is 2.09 bits per heavy atom. The van der Waals surface area contributed by atoms with Gasteiger partial charge in [0.15, 0.2) is 0 Å². The minimum absolute atomic E-state index is 0.139. The predicted molar refractivity (Wildman–Crippen MR) is 80.7 cm³/mol. The Balaban J connectivity index is 2.47. The minimum atomic E-state index is -4.81. The van der Waals surface area contributed by atoms with Gasteiger partial charge in [-0.3, -0.25) is 4.99 Å². The van der Waals surface area contributed by atoms with Gasteiger partial charge in [0.05, 0.1) is 16.4 Å². The standard InChI is InChI=1S/C13H16ClF3N4O/c1-3-19-12-11(18)21(4-2)9-5-7(14)10(6-8(9)20-12)22-13(15,16)17/h5-6,11H,3-4,18H2,1-2H3,(H,19,20). The molecule has 0 spiro atoms. The number of benzene rings is 1. The number of nitrogens with zero attached hydrogens (tertiary/aromatic N) is 2. The number of hydrogen-bond acceptors (Lipinski definition) is 4. The molecule has 0 bridgehead atoms. The third-order valence-electron chi connectivity index (χ3n) is 3.13. The van der Waals surface area contributed by atoms with Crippen molar-refractivity contribution < 1.29 is 17.9 Å². The van der Waals surface area contributed by atoms with E-state index >= 15 is 0 Å². The molecule has 22 heavy (non-hydrogen) atoms. The summed E-state index contributed by atoms with van der Waals surface area (Å²) in [5, 5.41) is 2.80. The van der Waals surface area contributed by atoms with Crippen LogP contribution >= 0.6 is 11.6 Å². The summed E-state index contributed by atoms with van der Waals surface area (Å²) in [4.78, 5) is 6.03. The number of aliphatic imine (C=N–C) groups is 1. The number of ether oxygens (including phenoxy) is 1. The topological polar surface area (TPSA) is 62.9 Å². The lowest BCUT2D eigenvalue weighted by Gasteiger charge is -2.37. The van der Waals surface area contributed by atoms with E-state index in [9.17, 15) is 13.2 Å². The smallest absolute Gasteiger partial charge is 0.404 e. The van der Waals surface area contributed by atoms with Crippen LogP contribution in [0.1, 0.15) is 13.8 Å². The highest BCUT2D eigenvalue weighted by molar-refractivity contribution is 6.32. The van der Waals surface area contributed by atoms with Crippen molar-refractivity contribution in [2.45, 2.75) is 26.4 Å². The van der Waals surface area contributed by atoms with Crippen molar-refractivity contribution in [1.82, 2.24) is 0 Å². The Morgan fingerprint density at radius 1 is 1.41 bits per heavy atom. The Bertz CT molecular complexity index is 591. The van der Waals surface area contributed by atoms with E-state index in [2.05, 4.69) is 15.0 Å². The maximum Gasteiger partial charge on any atom is 0.573 e. The van der Waals surface area contributed by atoms with E-state index in [4.69, 9.17) is 17.3 Å². The number of hydrogen-bond donors (Lipinski definition) is 2. The maximum absolute atomic E-state index is 12.4. The quantitative estimate of drug-likeness (QED) is 0.889. The van der Waals surface area contributed by atoms with Crippen molar-refractivity contribution >= 4 is 28.8 Å². The minimum Gasteiger partial charge on any atom is -0.404 e. The highest BCUT2D eigenvalue weighted by Gasteiger charge is 2.34. The Morgan fingerprint density at radius 3 is 2.64 bits per heavy atom. The number of nitrogens with two attached hydrogens (primary N) is 1. The van der Waals surface area contributed by atoms with Crippen LogP contribution in [0.2, 0.25) is 5.02 Å². The van der Waals surface area contributed by atoms with Gasteiger partial charge in [-0.2, -0.15) is 0 Å². The molecule has 1 aromatic rings. The molecule has 0 amide bonds. The molecule has 0 saturated heterocycles. The van der Waals surface area contributed by atoms with E-state index in [1.807, 2.05) is 13.8 Å². The molecule has 1 atom stereocenters. The highest BCUT2D eigenvalue weighted by atomic mass is 35.5. The van der Waals surface area contributed by atoms with Gasteiger partial charge in [-0.1, -0.05) is 11.6 Å². The number of rotatable bonds is 3. The van der Waals surface area contributed by atoms with Gasteiger partial charge in [0.25, 0.3) is 0 Å². The second-order valence-electron chi connectivity index (χ2n) is 4.56. The molecular formula is C13H16ClF3N4O. The largest absolute Gasteiger partial charge is 0.573 e. The fourth-order valence-electron chi connectivity index (χ4n) is 2.26. The third-order valence-corrected chi connectivity index (χ3v) is 3.43. The molecule has 0 fully saturated rings. The van der Waals surface area contributed by atoms with E-state index in [1.165, 1.54) is 12.1 Å². The van der Waals surface area contributed by atoms with Crippen LogP contribution in [0.5, 0.6) is 5.75 Å². The first-order valence-corrected chi connectivity index (χ1v) is 7.07. The van der Waals surface area contributed by atoms with Crippen molar-refractivity contribution in [3.63, 3.8) is 0 Å². The average molecular weight is 337 g/mol. The van der Waals surface area contributed by atoms with Gasteiger partial charge in [0, 0.05) is 19.2 Å². The summed E-state index contributed by atoms with van der Waals surface area (Å²) in [6.45, 7) is 4.77. The molecule has 122 valence electrons. The Kier molecular flexibility index (Phi) is 4.72. The first-order valence-electron chi connectivity index (χ1n) is 6.69. The second kappa shape index (κ2) is 6.21. The van der Waals surface area contributed by atoms with E-state index in [0.29, 0.717) is 30.3 Å². The van der Waals surface area contributed by atoms with Crippen molar-refractivity contribution in [3.8, 4) is 5.75 Å².